The Morgan fingerprint density at radius 2 is 1.87 bits per heavy atom. The number of ether oxygens (including phenoxy) is 1. The molecule has 0 unspecified atom stereocenters. The predicted molar refractivity (Wildman–Crippen MR) is 91.4 cm³/mol. The Morgan fingerprint density at radius 3 is 2.57 bits per heavy atom. The van der Waals surface area contributed by atoms with Crippen LogP contribution in [-0.2, 0) is 4.79 Å². The van der Waals surface area contributed by atoms with Crippen molar-refractivity contribution in [1.82, 2.24) is 0 Å². The highest BCUT2D eigenvalue weighted by Crippen LogP contribution is 2.24. The van der Waals surface area contributed by atoms with Crippen molar-refractivity contribution in [1.29, 1.82) is 0 Å². The number of hydrogen-bond acceptors (Lipinski definition) is 3. The molecular weight excluding hydrogens is 314 g/mol. The number of ketones is 1. The maximum Gasteiger partial charge on any atom is 0.224 e. The molecule has 0 aliphatic rings. The van der Waals surface area contributed by atoms with Gasteiger partial charge in [0.05, 0.1) is 12.7 Å². The SMILES string of the molecule is COc1ccc(Cl)cc1C(=O)CCC(=O)Nc1ccccc1C. The van der Waals surface area contributed by atoms with Crippen molar-refractivity contribution >= 4 is 29.0 Å². The lowest BCUT2D eigenvalue weighted by Gasteiger charge is -2.09. The molecule has 5 heteroatoms. The highest BCUT2D eigenvalue weighted by molar-refractivity contribution is 6.31. The lowest BCUT2D eigenvalue weighted by atomic mass is 10.1. The molecule has 0 heterocycles. The van der Waals surface area contributed by atoms with E-state index in [4.69, 9.17) is 16.3 Å². The van der Waals surface area contributed by atoms with Crippen molar-refractivity contribution in [3.63, 3.8) is 0 Å². The normalized spacial score (nSPS) is 10.2. The third kappa shape index (κ3) is 4.57. The molecule has 0 aromatic heterocycles. The first-order chi connectivity index (χ1) is 11.0. The molecular formula is C18H18ClNO3. The van der Waals surface area contributed by atoms with Gasteiger partial charge in [0.15, 0.2) is 5.78 Å². The van der Waals surface area contributed by atoms with Crippen LogP contribution in [0.4, 0.5) is 5.69 Å². The predicted octanol–water partition coefficient (Wildman–Crippen LogP) is 4.26. The molecule has 23 heavy (non-hydrogen) atoms. The number of halogens is 1. The number of para-hydroxylation sites is 1. The van der Waals surface area contributed by atoms with Gasteiger partial charge in [0.1, 0.15) is 5.75 Å². The van der Waals surface area contributed by atoms with Gasteiger partial charge in [-0.05, 0) is 36.8 Å². The molecule has 2 rings (SSSR count). The van der Waals surface area contributed by atoms with Crippen molar-refractivity contribution in [2.24, 2.45) is 0 Å². The van der Waals surface area contributed by atoms with Crippen LogP contribution in [0.25, 0.3) is 0 Å². The molecule has 0 spiro atoms. The van der Waals surface area contributed by atoms with Crippen molar-refractivity contribution in [3.05, 3.63) is 58.6 Å². The van der Waals surface area contributed by atoms with Crippen LogP contribution in [0.15, 0.2) is 42.5 Å². The van der Waals surface area contributed by atoms with Gasteiger partial charge in [0.2, 0.25) is 5.91 Å². The molecule has 1 N–H and O–H groups in total. The van der Waals surface area contributed by atoms with Gasteiger partial charge >= 0.3 is 0 Å². The zero-order valence-electron chi connectivity index (χ0n) is 13.1. The number of rotatable bonds is 6. The Hall–Kier alpha value is -2.33. The van der Waals surface area contributed by atoms with E-state index in [1.165, 1.54) is 7.11 Å². The number of anilines is 1. The van der Waals surface area contributed by atoms with Gasteiger partial charge < -0.3 is 10.1 Å². The first-order valence-electron chi connectivity index (χ1n) is 7.23. The molecule has 2 aromatic rings. The average molecular weight is 332 g/mol. The smallest absolute Gasteiger partial charge is 0.224 e. The van der Waals surface area contributed by atoms with Gasteiger partial charge in [-0.25, -0.2) is 0 Å². The topological polar surface area (TPSA) is 55.4 Å². The third-order valence-corrected chi connectivity index (χ3v) is 3.70. The van der Waals surface area contributed by atoms with Crippen LogP contribution >= 0.6 is 11.6 Å². The van der Waals surface area contributed by atoms with Crippen LogP contribution in [0, 0.1) is 6.92 Å². The van der Waals surface area contributed by atoms with E-state index < -0.39 is 0 Å². The largest absolute Gasteiger partial charge is 0.496 e. The molecule has 1 amide bonds. The zero-order chi connectivity index (χ0) is 16.8. The zero-order valence-corrected chi connectivity index (χ0v) is 13.8. The van der Waals surface area contributed by atoms with E-state index in [9.17, 15) is 9.59 Å². The van der Waals surface area contributed by atoms with E-state index in [-0.39, 0.29) is 24.5 Å². The van der Waals surface area contributed by atoms with Crippen molar-refractivity contribution < 1.29 is 14.3 Å². The van der Waals surface area contributed by atoms with Crippen molar-refractivity contribution in [3.8, 4) is 5.75 Å². The summed E-state index contributed by atoms with van der Waals surface area (Å²) in [6.45, 7) is 1.91. The Bertz CT molecular complexity index is 728. The molecule has 0 bridgehead atoms. The summed E-state index contributed by atoms with van der Waals surface area (Å²) in [5, 5.41) is 3.27. The second kappa shape index (κ2) is 7.79. The fourth-order valence-corrected chi connectivity index (χ4v) is 2.36. The second-order valence-corrected chi connectivity index (χ2v) is 5.57. The van der Waals surface area contributed by atoms with Crippen LogP contribution in [0.1, 0.15) is 28.8 Å². The molecule has 0 saturated carbocycles. The summed E-state index contributed by atoms with van der Waals surface area (Å²) in [6, 6.07) is 12.4. The molecule has 2 aromatic carbocycles. The van der Waals surface area contributed by atoms with Crippen molar-refractivity contribution in [2.75, 3.05) is 12.4 Å². The summed E-state index contributed by atoms with van der Waals surface area (Å²) < 4.78 is 5.16. The maximum atomic E-state index is 12.3. The quantitative estimate of drug-likeness (QED) is 0.805. The Kier molecular flexibility index (Phi) is 5.77. The number of benzene rings is 2. The number of carbonyl (C=O) groups is 2. The van der Waals surface area contributed by atoms with E-state index in [2.05, 4.69) is 5.32 Å². The van der Waals surface area contributed by atoms with Crippen molar-refractivity contribution in [2.45, 2.75) is 19.8 Å². The first kappa shape index (κ1) is 17.0. The molecule has 4 nitrogen and oxygen atoms in total. The van der Waals surface area contributed by atoms with Crippen LogP contribution in [-0.4, -0.2) is 18.8 Å². The van der Waals surface area contributed by atoms with Crippen LogP contribution < -0.4 is 10.1 Å². The number of aryl methyl sites for hydroxylation is 1. The lowest BCUT2D eigenvalue weighted by molar-refractivity contribution is -0.116. The van der Waals surface area contributed by atoms with Gasteiger partial charge in [-0.15, -0.1) is 0 Å². The first-order valence-corrected chi connectivity index (χ1v) is 7.61. The molecule has 0 radical (unpaired) electrons. The minimum atomic E-state index is -0.200. The van der Waals surface area contributed by atoms with Gasteiger partial charge in [-0.3, -0.25) is 9.59 Å². The summed E-state index contributed by atoms with van der Waals surface area (Å²) in [4.78, 5) is 24.3. The Labute approximate surface area is 140 Å². The van der Waals surface area contributed by atoms with Gasteiger partial charge in [0, 0.05) is 23.6 Å². The summed E-state index contributed by atoms with van der Waals surface area (Å²) in [5.41, 5.74) is 2.12. The van der Waals surface area contributed by atoms with E-state index in [1.54, 1.807) is 18.2 Å². The van der Waals surface area contributed by atoms with E-state index in [1.807, 2.05) is 31.2 Å². The molecule has 120 valence electrons. The summed E-state index contributed by atoms with van der Waals surface area (Å²) in [7, 11) is 1.49. The maximum absolute atomic E-state index is 12.3. The second-order valence-electron chi connectivity index (χ2n) is 5.13. The van der Waals surface area contributed by atoms with Crippen LogP contribution in [0.5, 0.6) is 5.75 Å². The van der Waals surface area contributed by atoms with E-state index in [0.29, 0.717) is 16.3 Å². The number of amides is 1. The highest BCUT2D eigenvalue weighted by atomic mass is 35.5. The molecule has 0 fully saturated rings. The molecule has 0 saturated heterocycles. The summed E-state index contributed by atoms with van der Waals surface area (Å²) in [5.74, 6) is 0.0802. The van der Waals surface area contributed by atoms with E-state index in [0.717, 1.165) is 11.3 Å². The molecule has 0 aliphatic carbocycles. The minimum absolute atomic E-state index is 0.0917. The fraction of sp³-hybridized carbons (Fsp3) is 0.222. The minimum Gasteiger partial charge on any atom is -0.496 e. The Morgan fingerprint density at radius 1 is 1.13 bits per heavy atom. The van der Waals surface area contributed by atoms with Gasteiger partial charge in [0.25, 0.3) is 0 Å². The lowest BCUT2D eigenvalue weighted by Crippen LogP contribution is -2.14. The number of nitrogens with one attached hydrogen (secondary N) is 1. The highest BCUT2D eigenvalue weighted by Gasteiger charge is 2.15. The van der Waals surface area contributed by atoms with Gasteiger partial charge in [-0.1, -0.05) is 29.8 Å². The van der Waals surface area contributed by atoms with E-state index >= 15 is 0 Å². The van der Waals surface area contributed by atoms with Crippen LogP contribution in [0.3, 0.4) is 0 Å². The standard InChI is InChI=1S/C18H18ClNO3/c1-12-5-3-4-6-15(12)20-18(22)10-8-16(21)14-11-13(19)7-9-17(14)23-2/h3-7,9,11H,8,10H2,1-2H3,(H,20,22). The fourth-order valence-electron chi connectivity index (χ4n) is 2.19. The number of hydrogen-bond donors (Lipinski definition) is 1. The third-order valence-electron chi connectivity index (χ3n) is 3.46. The molecule has 0 aliphatic heterocycles. The van der Waals surface area contributed by atoms with Gasteiger partial charge in [-0.2, -0.15) is 0 Å². The summed E-state index contributed by atoms with van der Waals surface area (Å²) in [6.07, 6.45) is 0.192. The number of methoxy groups -OCH3 is 1. The summed E-state index contributed by atoms with van der Waals surface area (Å²) >= 11 is 5.92. The molecule has 0 atom stereocenters. The monoisotopic (exact) mass is 331 g/mol. The number of Topliss-reactive ketones (excluding diaryl/α,β-unsaturated/α-hetero) is 1. The number of carbonyl (C=O) groups excluding carboxylic acids is 2. The van der Waals surface area contributed by atoms with Crippen LogP contribution in [0.2, 0.25) is 5.02 Å². The Balaban J connectivity index is 1.98. The average Bonchev–Trinajstić information content (AvgIpc) is 2.54.